The fourth-order valence-corrected chi connectivity index (χ4v) is 6.70. The van der Waals surface area contributed by atoms with E-state index in [1.54, 1.807) is 0 Å². The lowest BCUT2D eigenvalue weighted by atomic mass is 10.1. The second-order valence-corrected chi connectivity index (χ2v) is 16.3. The standard InChI is InChI=1S/C54H92O6/c1-4-7-10-13-16-19-22-24-26-27-29-30-32-35-38-41-44-47-53(56)59-50-51(49-58-52(55)46-43-40-37-34-21-18-15-12-9-6-3)60-54(57)48-45-42-39-36-33-31-28-25-23-20-17-14-11-8-5-2/h8,11,16-17,19-20,24-26,28,33,36,51H,4-7,9-10,12-15,18,21-23,27,29-32,34-35,37-50H2,1-3H3/b11-8-,19-16-,20-17-,26-24-,28-25-,36-33-. The molecule has 0 spiro atoms. The first-order chi connectivity index (χ1) is 29.5. The van der Waals surface area contributed by atoms with Gasteiger partial charge in [-0.1, -0.05) is 196 Å². The first kappa shape index (κ1) is 56.9. The van der Waals surface area contributed by atoms with Crippen LogP contribution in [0.3, 0.4) is 0 Å². The molecule has 1 unspecified atom stereocenters. The zero-order valence-corrected chi connectivity index (χ0v) is 39.2. The van der Waals surface area contributed by atoms with Gasteiger partial charge in [0.25, 0.3) is 0 Å². The van der Waals surface area contributed by atoms with Crippen LogP contribution in [0.15, 0.2) is 72.9 Å². The molecule has 0 aliphatic heterocycles. The normalized spacial score (nSPS) is 12.7. The van der Waals surface area contributed by atoms with Gasteiger partial charge >= 0.3 is 17.9 Å². The van der Waals surface area contributed by atoms with Gasteiger partial charge in [-0.3, -0.25) is 14.4 Å². The molecule has 0 heterocycles. The van der Waals surface area contributed by atoms with Crippen molar-refractivity contribution in [3.8, 4) is 0 Å². The molecule has 60 heavy (non-hydrogen) atoms. The minimum absolute atomic E-state index is 0.0937. The molecular weight excluding hydrogens is 745 g/mol. The van der Waals surface area contributed by atoms with E-state index in [2.05, 4.69) is 93.7 Å². The Morgan fingerprint density at radius 1 is 0.350 bits per heavy atom. The molecule has 0 saturated heterocycles. The Hall–Kier alpha value is -3.15. The summed E-state index contributed by atoms with van der Waals surface area (Å²) in [6.45, 7) is 6.44. The lowest BCUT2D eigenvalue weighted by molar-refractivity contribution is -0.167. The Balaban J connectivity index is 4.43. The van der Waals surface area contributed by atoms with E-state index >= 15 is 0 Å². The van der Waals surface area contributed by atoms with Gasteiger partial charge in [0.15, 0.2) is 6.10 Å². The van der Waals surface area contributed by atoms with Crippen molar-refractivity contribution in [1.82, 2.24) is 0 Å². The molecule has 0 aromatic rings. The van der Waals surface area contributed by atoms with Gasteiger partial charge in [-0.05, 0) is 89.9 Å². The molecule has 0 radical (unpaired) electrons. The lowest BCUT2D eigenvalue weighted by Crippen LogP contribution is -2.30. The van der Waals surface area contributed by atoms with Crippen LogP contribution in [0.4, 0.5) is 0 Å². The zero-order chi connectivity index (χ0) is 43.7. The highest BCUT2D eigenvalue weighted by molar-refractivity contribution is 5.71. The SMILES string of the molecule is CC/C=C\C/C=C\C/C=C\C/C=C\CCCCC(=O)OC(COC(=O)CCCCCCCCC/C=C\C/C=C\CCCCC)COC(=O)CCCCCCCCCCCC. The molecule has 344 valence electrons. The molecule has 0 fully saturated rings. The van der Waals surface area contributed by atoms with Crippen LogP contribution in [-0.2, 0) is 28.6 Å². The maximum atomic E-state index is 12.7. The molecule has 6 nitrogen and oxygen atoms in total. The van der Waals surface area contributed by atoms with Gasteiger partial charge in [0, 0.05) is 19.3 Å². The number of hydrogen-bond donors (Lipinski definition) is 0. The van der Waals surface area contributed by atoms with Crippen LogP contribution < -0.4 is 0 Å². The summed E-state index contributed by atoms with van der Waals surface area (Å²) in [7, 11) is 0. The van der Waals surface area contributed by atoms with Crippen LogP contribution in [0, 0.1) is 0 Å². The molecule has 1 atom stereocenters. The predicted octanol–water partition coefficient (Wildman–Crippen LogP) is 16.3. The van der Waals surface area contributed by atoms with Gasteiger partial charge in [-0.2, -0.15) is 0 Å². The van der Waals surface area contributed by atoms with Crippen molar-refractivity contribution in [2.45, 2.75) is 239 Å². The van der Waals surface area contributed by atoms with Crippen molar-refractivity contribution < 1.29 is 28.6 Å². The first-order valence-electron chi connectivity index (χ1n) is 24.9. The van der Waals surface area contributed by atoms with E-state index in [0.717, 1.165) is 89.9 Å². The minimum atomic E-state index is -0.797. The van der Waals surface area contributed by atoms with Crippen LogP contribution >= 0.6 is 0 Å². The molecular formula is C54H92O6. The smallest absolute Gasteiger partial charge is 0.306 e. The van der Waals surface area contributed by atoms with E-state index in [1.807, 2.05) is 0 Å². The Bertz CT molecular complexity index is 1140. The third-order valence-electron chi connectivity index (χ3n) is 10.4. The molecule has 0 aromatic carbocycles. The van der Waals surface area contributed by atoms with E-state index in [0.29, 0.717) is 19.3 Å². The molecule has 0 rings (SSSR count). The van der Waals surface area contributed by atoms with Crippen LogP contribution in [0.5, 0.6) is 0 Å². The van der Waals surface area contributed by atoms with Crippen LogP contribution in [-0.4, -0.2) is 37.2 Å². The van der Waals surface area contributed by atoms with Crippen LogP contribution in [0.25, 0.3) is 0 Å². The maximum Gasteiger partial charge on any atom is 0.306 e. The summed E-state index contributed by atoms with van der Waals surface area (Å²) in [5.41, 5.74) is 0. The summed E-state index contributed by atoms with van der Waals surface area (Å²) in [6.07, 6.45) is 60.3. The van der Waals surface area contributed by atoms with E-state index in [9.17, 15) is 14.4 Å². The Morgan fingerprint density at radius 2 is 0.650 bits per heavy atom. The van der Waals surface area contributed by atoms with Gasteiger partial charge in [0.05, 0.1) is 0 Å². The van der Waals surface area contributed by atoms with Crippen molar-refractivity contribution in [3.05, 3.63) is 72.9 Å². The van der Waals surface area contributed by atoms with E-state index in [1.165, 1.54) is 96.3 Å². The highest BCUT2D eigenvalue weighted by atomic mass is 16.6. The van der Waals surface area contributed by atoms with Crippen molar-refractivity contribution in [3.63, 3.8) is 0 Å². The van der Waals surface area contributed by atoms with Crippen molar-refractivity contribution in [2.24, 2.45) is 0 Å². The average molecular weight is 837 g/mol. The number of allylic oxidation sites excluding steroid dienone is 12. The number of ether oxygens (including phenoxy) is 3. The molecule has 0 aromatic heterocycles. The number of carbonyl (C=O) groups is 3. The third-order valence-corrected chi connectivity index (χ3v) is 10.4. The fourth-order valence-electron chi connectivity index (χ4n) is 6.70. The summed E-state index contributed by atoms with van der Waals surface area (Å²) >= 11 is 0. The van der Waals surface area contributed by atoms with Gasteiger partial charge in [-0.25, -0.2) is 0 Å². The third kappa shape index (κ3) is 45.9. The highest BCUT2D eigenvalue weighted by Gasteiger charge is 2.19. The topological polar surface area (TPSA) is 78.9 Å². The largest absolute Gasteiger partial charge is 0.462 e. The average Bonchev–Trinajstić information content (AvgIpc) is 3.24. The number of carbonyl (C=O) groups excluding carboxylic acids is 3. The van der Waals surface area contributed by atoms with Gasteiger partial charge < -0.3 is 14.2 Å². The van der Waals surface area contributed by atoms with Crippen LogP contribution in [0.2, 0.25) is 0 Å². The highest BCUT2D eigenvalue weighted by Crippen LogP contribution is 2.14. The maximum absolute atomic E-state index is 12.7. The molecule has 6 heteroatoms. The Morgan fingerprint density at radius 3 is 1.08 bits per heavy atom. The summed E-state index contributed by atoms with van der Waals surface area (Å²) in [5, 5.41) is 0. The minimum Gasteiger partial charge on any atom is -0.462 e. The molecule has 0 amide bonds. The monoisotopic (exact) mass is 837 g/mol. The number of unbranched alkanes of at least 4 members (excludes halogenated alkanes) is 21. The van der Waals surface area contributed by atoms with E-state index in [-0.39, 0.29) is 37.5 Å². The first-order valence-corrected chi connectivity index (χ1v) is 24.9. The van der Waals surface area contributed by atoms with Gasteiger partial charge in [0.1, 0.15) is 13.2 Å². The van der Waals surface area contributed by atoms with E-state index < -0.39 is 6.10 Å². The molecule has 0 aliphatic carbocycles. The van der Waals surface area contributed by atoms with Crippen molar-refractivity contribution >= 4 is 17.9 Å². The number of esters is 3. The fraction of sp³-hybridized carbons (Fsp3) is 0.722. The van der Waals surface area contributed by atoms with Crippen LogP contribution in [0.1, 0.15) is 233 Å². The summed E-state index contributed by atoms with van der Waals surface area (Å²) < 4.78 is 16.7. The summed E-state index contributed by atoms with van der Waals surface area (Å²) in [5.74, 6) is -0.946. The van der Waals surface area contributed by atoms with Crippen molar-refractivity contribution in [2.75, 3.05) is 13.2 Å². The number of hydrogen-bond acceptors (Lipinski definition) is 6. The molecule has 0 N–H and O–H groups in total. The van der Waals surface area contributed by atoms with Crippen molar-refractivity contribution in [1.29, 1.82) is 0 Å². The Kier molecular flexibility index (Phi) is 46.0. The lowest BCUT2D eigenvalue weighted by Gasteiger charge is -2.18. The quantitative estimate of drug-likeness (QED) is 0.0263. The predicted molar refractivity (Wildman–Crippen MR) is 256 cm³/mol. The van der Waals surface area contributed by atoms with Gasteiger partial charge in [-0.15, -0.1) is 0 Å². The Labute approximate surface area is 370 Å². The second-order valence-electron chi connectivity index (χ2n) is 16.3. The van der Waals surface area contributed by atoms with Gasteiger partial charge in [0.2, 0.25) is 0 Å². The molecule has 0 bridgehead atoms. The molecule has 0 aliphatic rings. The summed E-state index contributed by atoms with van der Waals surface area (Å²) in [6, 6.07) is 0. The second kappa shape index (κ2) is 48.5. The molecule has 0 saturated carbocycles. The van der Waals surface area contributed by atoms with E-state index in [4.69, 9.17) is 14.2 Å². The summed E-state index contributed by atoms with van der Waals surface area (Å²) in [4.78, 5) is 37.9. The number of rotatable bonds is 44. The zero-order valence-electron chi connectivity index (χ0n) is 39.2.